The summed E-state index contributed by atoms with van der Waals surface area (Å²) < 4.78 is 24.2. The van der Waals surface area contributed by atoms with E-state index in [1.54, 1.807) is 0 Å². The minimum Gasteiger partial charge on any atom is -0.309 e. The minimum absolute atomic E-state index is 0.160. The van der Waals surface area contributed by atoms with Crippen LogP contribution in [0, 0.1) is 5.41 Å². The topological polar surface area (TPSA) is 35.5 Å². The Labute approximate surface area is 213 Å². The molecule has 2 rings (SSSR count). The molecule has 34 heavy (non-hydrogen) atoms. The van der Waals surface area contributed by atoms with Crippen molar-refractivity contribution >= 4 is 19.4 Å². The summed E-state index contributed by atoms with van der Waals surface area (Å²) in [6.07, 6.45) is 1.40. The van der Waals surface area contributed by atoms with Crippen LogP contribution in [-0.4, -0.2) is 23.7 Å². The number of thioether (sulfide) groups is 1. The van der Waals surface area contributed by atoms with Crippen LogP contribution in [0.4, 0.5) is 0 Å². The molecular weight excluding hydrogens is 459 g/mol. The van der Waals surface area contributed by atoms with Crippen molar-refractivity contribution in [2.45, 2.75) is 84.6 Å². The molecule has 5 heteroatoms. The van der Waals surface area contributed by atoms with Gasteiger partial charge in [0.2, 0.25) is 0 Å². The summed E-state index contributed by atoms with van der Waals surface area (Å²) in [5, 5.41) is 0. The van der Waals surface area contributed by atoms with Crippen molar-refractivity contribution in [1.29, 1.82) is 0 Å². The van der Waals surface area contributed by atoms with E-state index in [1.807, 2.05) is 25.6 Å². The van der Waals surface area contributed by atoms with E-state index in [0.717, 1.165) is 17.7 Å². The second-order valence-corrected chi connectivity index (χ2v) is 14.9. The van der Waals surface area contributed by atoms with E-state index < -0.39 is 7.60 Å². The summed E-state index contributed by atoms with van der Waals surface area (Å²) in [7, 11) is -3.10. The Hall–Kier alpha value is -1.06. The van der Waals surface area contributed by atoms with Crippen molar-refractivity contribution in [3.8, 4) is 0 Å². The average molecular weight is 505 g/mol. The zero-order valence-corrected chi connectivity index (χ0v) is 24.2. The van der Waals surface area contributed by atoms with Crippen LogP contribution in [0.2, 0.25) is 0 Å². The van der Waals surface area contributed by atoms with Gasteiger partial charge in [-0.25, -0.2) is 0 Å². The molecule has 0 saturated heterocycles. The van der Waals surface area contributed by atoms with Crippen LogP contribution in [0.3, 0.4) is 0 Å². The van der Waals surface area contributed by atoms with E-state index in [1.165, 1.54) is 11.1 Å². The first kappa shape index (κ1) is 29.2. The molecule has 2 aromatic carbocycles. The Kier molecular flexibility index (Phi) is 11.0. The highest BCUT2D eigenvalue weighted by molar-refractivity contribution is 8.00. The van der Waals surface area contributed by atoms with Gasteiger partial charge in [-0.05, 0) is 54.2 Å². The van der Waals surface area contributed by atoms with Gasteiger partial charge in [0.05, 0.1) is 19.4 Å². The fourth-order valence-electron chi connectivity index (χ4n) is 4.25. The largest absolute Gasteiger partial charge is 0.335 e. The van der Waals surface area contributed by atoms with Gasteiger partial charge < -0.3 is 9.05 Å². The lowest BCUT2D eigenvalue weighted by Gasteiger charge is -2.35. The molecule has 0 fully saturated rings. The van der Waals surface area contributed by atoms with Gasteiger partial charge in [-0.15, -0.1) is 0 Å². The maximum Gasteiger partial charge on any atom is 0.335 e. The standard InChI is InChI=1S/C29H45O3PS/c1-9-31-33(30,32-10-2)21-23-16-18-24(19-17-23)26(22-34-29(6,7)8)20-27(28(3,4)5)25-14-12-11-13-15-25/h11-19,26-27H,9-10,20-22H2,1-8H3. The first-order valence-corrected chi connectivity index (χ1v) is 15.2. The molecule has 0 saturated carbocycles. The quantitative estimate of drug-likeness (QED) is 0.270. The lowest BCUT2D eigenvalue weighted by Crippen LogP contribution is -2.22. The first-order chi connectivity index (χ1) is 15.9. The lowest BCUT2D eigenvalue weighted by atomic mass is 9.71. The number of hydrogen-bond acceptors (Lipinski definition) is 4. The summed E-state index contributed by atoms with van der Waals surface area (Å²) in [6, 6.07) is 19.6. The Morgan fingerprint density at radius 2 is 1.38 bits per heavy atom. The highest BCUT2D eigenvalue weighted by Gasteiger charge is 2.30. The van der Waals surface area contributed by atoms with Gasteiger partial charge in [0.1, 0.15) is 0 Å². The maximum absolute atomic E-state index is 13.0. The summed E-state index contributed by atoms with van der Waals surface area (Å²) >= 11 is 2.03. The van der Waals surface area contributed by atoms with E-state index in [4.69, 9.17) is 9.05 Å². The number of rotatable bonds is 12. The van der Waals surface area contributed by atoms with Crippen molar-refractivity contribution in [1.82, 2.24) is 0 Å². The van der Waals surface area contributed by atoms with Gasteiger partial charge in [0.15, 0.2) is 0 Å². The molecule has 3 nitrogen and oxygen atoms in total. The van der Waals surface area contributed by atoms with Crippen LogP contribution in [0.5, 0.6) is 0 Å². The molecule has 2 atom stereocenters. The summed E-state index contributed by atoms with van der Waals surface area (Å²) in [6.45, 7) is 18.4. The Morgan fingerprint density at radius 3 is 1.85 bits per heavy atom. The predicted octanol–water partition coefficient (Wildman–Crippen LogP) is 9.29. The Morgan fingerprint density at radius 1 is 0.824 bits per heavy atom. The molecule has 0 aliphatic heterocycles. The molecule has 0 bridgehead atoms. The minimum atomic E-state index is -3.10. The fraction of sp³-hybridized carbons (Fsp3) is 0.586. The average Bonchev–Trinajstić information content (AvgIpc) is 2.74. The second kappa shape index (κ2) is 12.8. The van der Waals surface area contributed by atoms with Gasteiger partial charge >= 0.3 is 7.60 Å². The maximum atomic E-state index is 13.0. The van der Waals surface area contributed by atoms with E-state index in [9.17, 15) is 4.57 Å². The van der Waals surface area contributed by atoms with Gasteiger partial charge in [0, 0.05) is 10.5 Å². The summed E-state index contributed by atoms with van der Waals surface area (Å²) in [4.78, 5) is 0. The molecule has 0 amide bonds. The van der Waals surface area contributed by atoms with Crippen LogP contribution in [0.15, 0.2) is 54.6 Å². The van der Waals surface area contributed by atoms with Gasteiger partial charge in [-0.2, -0.15) is 11.8 Å². The third-order valence-electron chi connectivity index (χ3n) is 5.96. The molecule has 2 aromatic rings. The van der Waals surface area contributed by atoms with E-state index in [2.05, 4.69) is 96.1 Å². The third-order valence-corrected chi connectivity index (χ3v) is 9.45. The van der Waals surface area contributed by atoms with Crippen molar-refractivity contribution in [2.75, 3.05) is 19.0 Å². The highest BCUT2D eigenvalue weighted by atomic mass is 32.2. The number of benzene rings is 2. The summed E-state index contributed by atoms with van der Waals surface area (Å²) in [5.74, 6) is 1.95. The molecule has 0 radical (unpaired) electrons. The van der Waals surface area contributed by atoms with E-state index in [-0.39, 0.29) is 10.2 Å². The molecule has 0 aliphatic rings. The first-order valence-electron chi connectivity index (χ1n) is 12.5. The van der Waals surface area contributed by atoms with Gasteiger partial charge in [-0.1, -0.05) is 96.1 Å². The fourth-order valence-corrected chi connectivity index (χ4v) is 6.98. The molecule has 0 aliphatic carbocycles. The normalized spacial score (nSPS) is 14.7. The predicted molar refractivity (Wildman–Crippen MR) is 149 cm³/mol. The summed E-state index contributed by atoms with van der Waals surface area (Å²) in [5.41, 5.74) is 3.90. The Bertz CT molecular complexity index is 888. The molecule has 0 N–H and O–H groups in total. The zero-order valence-electron chi connectivity index (χ0n) is 22.5. The highest BCUT2D eigenvalue weighted by Crippen LogP contribution is 2.51. The number of hydrogen-bond donors (Lipinski definition) is 0. The third kappa shape index (κ3) is 9.53. The van der Waals surface area contributed by atoms with E-state index >= 15 is 0 Å². The van der Waals surface area contributed by atoms with Crippen molar-refractivity contribution in [3.05, 3.63) is 71.3 Å². The monoisotopic (exact) mass is 504 g/mol. The van der Waals surface area contributed by atoms with Crippen LogP contribution < -0.4 is 0 Å². The van der Waals surface area contributed by atoms with Crippen molar-refractivity contribution < 1.29 is 13.6 Å². The van der Waals surface area contributed by atoms with Crippen LogP contribution in [-0.2, 0) is 19.8 Å². The molecule has 0 heterocycles. The molecule has 2 unspecified atom stereocenters. The van der Waals surface area contributed by atoms with E-state index in [0.29, 0.717) is 31.2 Å². The van der Waals surface area contributed by atoms with Crippen molar-refractivity contribution in [3.63, 3.8) is 0 Å². The smallest absolute Gasteiger partial charge is 0.309 e. The lowest BCUT2D eigenvalue weighted by molar-refractivity contribution is 0.219. The SMILES string of the molecule is CCOP(=O)(Cc1ccc(C(CSC(C)(C)C)CC(c2ccccc2)C(C)(C)C)cc1)OCC. The van der Waals surface area contributed by atoms with Gasteiger partial charge in [0.25, 0.3) is 0 Å². The van der Waals surface area contributed by atoms with Crippen LogP contribution >= 0.6 is 19.4 Å². The van der Waals surface area contributed by atoms with Crippen molar-refractivity contribution in [2.24, 2.45) is 5.41 Å². The van der Waals surface area contributed by atoms with Gasteiger partial charge in [-0.3, -0.25) is 4.57 Å². The van der Waals surface area contributed by atoms with Crippen LogP contribution in [0.25, 0.3) is 0 Å². The molecule has 0 aromatic heterocycles. The zero-order chi connectivity index (χ0) is 25.4. The molecule has 190 valence electrons. The Balaban J connectivity index is 2.32. The van der Waals surface area contributed by atoms with Crippen LogP contribution in [0.1, 0.15) is 90.3 Å². The second-order valence-electron chi connectivity index (χ2n) is 11.0. The molecule has 0 spiro atoms. The molecular formula is C29H45O3PS.